The van der Waals surface area contributed by atoms with Gasteiger partial charge in [-0.3, -0.25) is 9.48 Å². The summed E-state index contributed by atoms with van der Waals surface area (Å²) in [4.78, 5) is 13.8. The third-order valence-corrected chi connectivity index (χ3v) is 3.40. The molecule has 4 nitrogen and oxygen atoms in total. The Morgan fingerprint density at radius 2 is 2.00 bits per heavy atom. The number of fused-ring (bicyclic) bond motifs is 1. The summed E-state index contributed by atoms with van der Waals surface area (Å²) >= 11 is 0. The number of alkyl halides is 3. The zero-order chi connectivity index (χ0) is 14.9. The molecular weight excluding hydrogens is 271 g/mol. The third-order valence-electron chi connectivity index (χ3n) is 3.40. The lowest BCUT2D eigenvalue weighted by Gasteiger charge is -2.14. The Hall–Kier alpha value is -1.37. The Labute approximate surface area is 115 Å². The maximum absolute atomic E-state index is 13.0. The quantitative estimate of drug-likeness (QED) is 0.854. The van der Waals surface area contributed by atoms with Crippen molar-refractivity contribution in [1.29, 1.82) is 0 Å². The van der Waals surface area contributed by atoms with Gasteiger partial charge in [-0.2, -0.15) is 18.3 Å². The maximum atomic E-state index is 13.0. The summed E-state index contributed by atoms with van der Waals surface area (Å²) in [5.74, 6) is -0.433. The van der Waals surface area contributed by atoms with Crippen LogP contribution in [-0.2, 0) is 19.1 Å². The molecule has 1 aliphatic carbocycles. The van der Waals surface area contributed by atoms with Gasteiger partial charge in [-0.05, 0) is 39.9 Å². The zero-order valence-corrected chi connectivity index (χ0v) is 11.6. The second-order valence-electron chi connectivity index (χ2n) is 5.32. The molecule has 0 unspecified atom stereocenters. The molecule has 1 aromatic heterocycles. The molecule has 0 saturated carbocycles. The van der Waals surface area contributed by atoms with Gasteiger partial charge in [-0.25, -0.2) is 0 Å². The van der Waals surface area contributed by atoms with E-state index in [9.17, 15) is 18.0 Å². The van der Waals surface area contributed by atoms with Gasteiger partial charge in [0, 0.05) is 18.7 Å². The number of Topliss-reactive ketones (excluding diaryl/α,β-unsaturated/α-hetero) is 1. The van der Waals surface area contributed by atoms with E-state index in [1.807, 2.05) is 19.0 Å². The minimum Gasteiger partial charge on any atom is -0.309 e. The number of ketones is 1. The van der Waals surface area contributed by atoms with Crippen molar-refractivity contribution in [2.45, 2.75) is 38.4 Å². The molecule has 0 aliphatic heterocycles. The van der Waals surface area contributed by atoms with Gasteiger partial charge in [0.25, 0.3) is 0 Å². The first kappa shape index (κ1) is 15.0. The summed E-state index contributed by atoms with van der Waals surface area (Å²) < 4.78 is 40.3. The monoisotopic (exact) mass is 289 g/mol. The number of halogens is 3. The van der Waals surface area contributed by atoms with Crippen molar-refractivity contribution < 1.29 is 18.0 Å². The first-order valence-corrected chi connectivity index (χ1v) is 6.65. The van der Waals surface area contributed by atoms with Gasteiger partial charge in [0.15, 0.2) is 11.5 Å². The average molecular weight is 289 g/mol. The van der Waals surface area contributed by atoms with Gasteiger partial charge in [0.2, 0.25) is 0 Å². The zero-order valence-electron chi connectivity index (χ0n) is 11.6. The minimum absolute atomic E-state index is 0.180. The SMILES string of the molecule is CN(C)CCCn1nc(C(F)(F)F)c2c1CCCC2=O. The number of nitrogens with zero attached hydrogens (tertiary/aromatic N) is 3. The topological polar surface area (TPSA) is 38.1 Å². The molecule has 0 spiro atoms. The van der Waals surface area contributed by atoms with E-state index >= 15 is 0 Å². The Kier molecular flexibility index (Phi) is 4.17. The van der Waals surface area contributed by atoms with Crippen LogP contribution in [0.3, 0.4) is 0 Å². The fourth-order valence-corrected chi connectivity index (χ4v) is 2.51. The molecule has 0 saturated heterocycles. The highest BCUT2D eigenvalue weighted by atomic mass is 19.4. The van der Waals surface area contributed by atoms with Gasteiger partial charge < -0.3 is 4.90 Å². The molecule has 0 atom stereocenters. The second kappa shape index (κ2) is 5.55. The molecule has 20 heavy (non-hydrogen) atoms. The number of hydrogen-bond donors (Lipinski definition) is 0. The van der Waals surface area contributed by atoms with Crippen molar-refractivity contribution in [3.05, 3.63) is 17.0 Å². The predicted molar refractivity (Wildman–Crippen MR) is 67.7 cm³/mol. The molecule has 0 aromatic carbocycles. The van der Waals surface area contributed by atoms with Gasteiger partial charge in [-0.1, -0.05) is 0 Å². The lowest BCUT2D eigenvalue weighted by molar-refractivity contribution is -0.141. The number of carbonyl (C=O) groups is 1. The van der Waals surface area contributed by atoms with E-state index < -0.39 is 17.7 Å². The molecular formula is C13H18F3N3O. The number of aromatic nitrogens is 2. The Morgan fingerprint density at radius 3 is 2.60 bits per heavy atom. The van der Waals surface area contributed by atoms with Crippen molar-refractivity contribution >= 4 is 5.78 Å². The fourth-order valence-electron chi connectivity index (χ4n) is 2.51. The van der Waals surface area contributed by atoms with Gasteiger partial charge >= 0.3 is 6.18 Å². The highest BCUT2D eigenvalue weighted by Gasteiger charge is 2.42. The highest BCUT2D eigenvalue weighted by molar-refractivity contribution is 5.99. The fraction of sp³-hybridized carbons (Fsp3) is 0.692. The van der Waals surface area contributed by atoms with Crippen molar-refractivity contribution in [3.8, 4) is 0 Å². The molecule has 0 amide bonds. The molecule has 0 radical (unpaired) electrons. The Morgan fingerprint density at radius 1 is 1.30 bits per heavy atom. The van der Waals surface area contributed by atoms with Crippen LogP contribution in [0, 0.1) is 0 Å². The highest BCUT2D eigenvalue weighted by Crippen LogP contribution is 2.35. The lowest BCUT2D eigenvalue weighted by Crippen LogP contribution is -2.18. The minimum atomic E-state index is -4.57. The Bertz CT molecular complexity index is 506. The summed E-state index contributed by atoms with van der Waals surface area (Å²) in [6, 6.07) is 0. The van der Waals surface area contributed by atoms with E-state index in [-0.39, 0.29) is 12.0 Å². The molecule has 1 aliphatic rings. The van der Waals surface area contributed by atoms with E-state index in [0.29, 0.717) is 31.5 Å². The molecule has 7 heteroatoms. The van der Waals surface area contributed by atoms with E-state index in [4.69, 9.17) is 0 Å². The third kappa shape index (κ3) is 3.03. The summed E-state index contributed by atoms with van der Waals surface area (Å²) in [7, 11) is 3.81. The second-order valence-corrected chi connectivity index (χ2v) is 5.32. The first-order valence-electron chi connectivity index (χ1n) is 6.65. The molecule has 2 rings (SSSR count). The number of carbonyl (C=O) groups excluding carboxylic acids is 1. The predicted octanol–water partition coefficient (Wildman–Crippen LogP) is 2.37. The smallest absolute Gasteiger partial charge is 0.309 e. The average Bonchev–Trinajstić information content (AvgIpc) is 2.69. The van der Waals surface area contributed by atoms with Crippen LogP contribution < -0.4 is 0 Å². The molecule has 1 heterocycles. The summed E-state index contributed by atoms with van der Waals surface area (Å²) in [6.07, 6.45) is -2.59. The van der Waals surface area contributed by atoms with Crippen LogP contribution in [0.15, 0.2) is 0 Å². The number of aryl methyl sites for hydroxylation is 1. The molecule has 112 valence electrons. The van der Waals surface area contributed by atoms with Gasteiger partial charge in [0.1, 0.15) is 0 Å². The molecule has 0 fully saturated rings. The molecule has 1 aromatic rings. The van der Waals surface area contributed by atoms with Gasteiger partial charge in [-0.15, -0.1) is 0 Å². The lowest BCUT2D eigenvalue weighted by atomic mass is 9.94. The van der Waals surface area contributed by atoms with Crippen LogP contribution in [-0.4, -0.2) is 41.1 Å². The Balaban J connectivity index is 2.31. The summed E-state index contributed by atoms with van der Waals surface area (Å²) in [5, 5.41) is 3.66. The van der Waals surface area contributed by atoms with Crippen molar-refractivity contribution in [1.82, 2.24) is 14.7 Å². The van der Waals surface area contributed by atoms with Crippen molar-refractivity contribution in [2.75, 3.05) is 20.6 Å². The van der Waals surface area contributed by atoms with Crippen LogP contribution in [0.1, 0.15) is 41.0 Å². The van der Waals surface area contributed by atoms with Gasteiger partial charge in [0.05, 0.1) is 5.56 Å². The van der Waals surface area contributed by atoms with Crippen LogP contribution >= 0.6 is 0 Å². The molecule has 0 bridgehead atoms. The van der Waals surface area contributed by atoms with Crippen LogP contribution in [0.4, 0.5) is 13.2 Å². The van der Waals surface area contributed by atoms with E-state index in [0.717, 1.165) is 6.54 Å². The first-order chi connectivity index (χ1) is 9.30. The summed E-state index contributed by atoms with van der Waals surface area (Å²) in [5.41, 5.74) is -0.761. The van der Waals surface area contributed by atoms with E-state index in [1.54, 1.807) is 0 Å². The number of hydrogen-bond acceptors (Lipinski definition) is 3. The molecule has 0 N–H and O–H groups in total. The number of rotatable bonds is 4. The van der Waals surface area contributed by atoms with E-state index in [2.05, 4.69) is 5.10 Å². The largest absolute Gasteiger partial charge is 0.435 e. The normalized spacial score (nSPS) is 15.8. The maximum Gasteiger partial charge on any atom is 0.435 e. The van der Waals surface area contributed by atoms with Crippen LogP contribution in [0.25, 0.3) is 0 Å². The summed E-state index contributed by atoms with van der Waals surface area (Å²) in [6.45, 7) is 1.17. The van der Waals surface area contributed by atoms with Crippen LogP contribution in [0.5, 0.6) is 0 Å². The van der Waals surface area contributed by atoms with Crippen molar-refractivity contribution in [3.63, 3.8) is 0 Å². The van der Waals surface area contributed by atoms with Crippen molar-refractivity contribution in [2.24, 2.45) is 0 Å². The van der Waals surface area contributed by atoms with E-state index in [1.165, 1.54) is 4.68 Å². The standard InChI is InChI=1S/C13H18F3N3O/c1-18(2)7-4-8-19-9-5-3-6-10(20)11(9)12(17-19)13(14,15)16/h3-8H2,1-2H3. The van der Waals surface area contributed by atoms with Crippen LogP contribution in [0.2, 0.25) is 0 Å².